The van der Waals surface area contributed by atoms with E-state index >= 15 is 0 Å². The molecule has 0 aromatic rings. The van der Waals surface area contributed by atoms with Gasteiger partial charge in [0.15, 0.2) is 0 Å². The molecular weight excluding hydrogens is 178 g/mol. The van der Waals surface area contributed by atoms with Crippen molar-refractivity contribution in [3.8, 4) is 6.07 Å². The smallest absolute Gasteiger partial charge is 0.330 e. The quantitative estimate of drug-likeness (QED) is 0.281. The molecule has 0 aliphatic heterocycles. The van der Waals surface area contributed by atoms with E-state index in [1.54, 1.807) is 6.08 Å². The lowest BCUT2D eigenvalue weighted by Gasteiger charge is -1.89. The second-order valence-electron chi connectivity index (χ2n) is 2.71. The van der Waals surface area contributed by atoms with Crippen LogP contribution in [0.2, 0.25) is 0 Å². The minimum absolute atomic E-state index is 0.348. The van der Waals surface area contributed by atoms with E-state index in [0.717, 1.165) is 19.3 Å². The highest BCUT2D eigenvalue weighted by Gasteiger charge is 1.86. The number of rotatable bonds is 6. The molecule has 0 fully saturated rings. The summed E-state index contributed by atoms with van der Waals surface area (Å²) in [6.07, 6.45) is 10.3. The predicted octanol–water partition coefficient (Wildman–Crippen LogP) is 2.36. The summed E-state index contributed by atoms with van der Waals surface area (Å²) in [4.78, 5) is 10.6. The molecule has 0 unspecified atom stereocenters. The number of allylic oxidation sites excluding steroid dienone is 3. The van der Waals surface area contributed by atoms with Gasteiger partial charge in [-0.25, -0.2) is 4.79 Å². The van der Waals surface area contributed by atoms with Crippen molar-refractivity contribution in [1.29, 1.82) is 5.26 Å². The van der Waals surface area contributed by atoms with Gasteiger partial charge in [-0.2, -0.15) is 5.26 Å². The SMILES string of the molecule is COC(=O)/C=C/C=C/CCCCC#N. The first kappa shape index (κ1) is 12.4. The van der Waals surface area contributed by atoms with Crippen LogP contribution in [0.4, 0.5) is 0 Å². The fourth-order valence-corrected chi connectivity index (χ4v) is 0.843. The number of carbonyl (C=O) groups excluding carboxylic acids is 1. The zero-order valence-corrected chi connectivity index (χ0v) is 8.40. The third kappa shape index (κ3) is 8.54. The lowest BCUT2D eigenvalue weighted by Crippen LogP contribution is -1.92. The Morgan fingerprint density at radius 1 is 1.43 bits per heavy atom. The second-order valence-corrected chi connectivity index (χ2v) is 2.71. The summed E-state index contributed by atoms with van der Waals surface area (Å²) in [6, 6.07) is 2.09. The van der Waals surface area contributed by atoms with Crippen LogP contribution in [-0.2, 0) is 9.53 Å². The van der Waals surface area contributed by atoms with E-state index in [9.17, 15) is 4.79 Å². The van der Waals surface area contributed by atoms with Crippen LogP contribution in [0.5, 0.6) is 0 Å². The molecule has 0 radical (unpaired) electrons. The minimum atomic E-state index is -0.348. The van der Waals surface area contributed by atoms with Gasteiger partial charge in [0, 0.05) is 12.5 Å². The summed E-state index contributed by atoms with van der Waals surface area (Å²) in [5, 5.41) is 8.26. The molecule has 0 amide bonds. The molecule has 3 heteroatoms. The Balaban J connectivity index is 3.41. The molecule has 0 aliphatic rings. The van der Waals surface area contributed by atoms with Crippen molar-refractivity contribution in [2.45, 2.75) is 25.7 Å². The highest BCUT2D eigenvalue weighted by atomic mass is 16.5. The van der Waals surface area contributed by atoms with Crippen LogP contribution in [0.15, 0.2) is 24.3 Å². The van der Waals surface area contributed by atoms with Crippen molar-refractivity contribution in [2.24, 2.45) is 0 Å². The van der Waals surface area contributed by atoms with Crippen LogP contribution < -0.4 is 0 Å². The van der Waals surface area contributed by atoms with Gasteiger partial charge in [-0.1, -0.05) is 18.2 Å². The van der Waals surface area contributed by atoms with E-state index in [2.05, 4.69) is 10.8 Å². The van der Waals surface area contributed by atoms with Crippen LogP contribution in [-0.4, -0.2) is 13.1 Å². The maximum atomic E-state index is 10.6. The van der Waals surface area contributed by atoms with E-state index in [0.29, 0.717) is 6.42 Å². The topological polar surface area (TPSA) is 50.1 Å². The van der Waals surface area contributed by atoms with Gasteiger partial charge in [0.2, 0.25) is 0 Å². The van der Waals surface area contributed by atoms with E-state index in [1.165, 1.54) is 13.2 Å². The van der Waals surface area contributed by atoms with Gasteiger partial charge in [0.1, 0.15) is 0 Å². The average Bonchev–Trinajstić information content (AvgIpc) is 2.21. The van der Waals surface area contributed by atoms with Crippen molar-refractivity contribution in [3.05, 3.63) is 24.3 Å². The number of hydrogen-bond donors (Lipinski definition) is 0. The van der Waals surface area contributed by atoms with Crippen molar-refractivity contribution in [1.82, 2.24) is 0 Å². The molecule has 0 heterocycles. The van der Waals surface area contributed by atoms with Crippen molar-refractivity contribution in [3.63, 3.8) is 0 Å². The van der Waals surface area contributed by atoms with Gasteiger partial charge in [0.05, 0.1) is 13.2 Å². The number of unbranched alkanes of at least 4 members (excludes halogenated alkanes) is 3. The number of esters is 1. The molecule has 0 spiro atoms. The van der Waals surface area contributed by atoms with E-state index in [-0.39, 0.29) is 5.97 Å². The third-order valence-electron chi connectivity index (χ3n) is 1.59. The van der Waals surface area contributed by atoms with Crippen LogP contribution in [0.3, 0.4) is 0 Å². The number of methoxy groups -OCH3 is 1. The summed E-state index contributed by atoms with van der Waals surface area (Å²) in [7, 11) is 1.35. The summed E-state index contributed by atoms with van der Waals surface area (Å²) in [6.45, 7) is 0. The molecule has 0 N–H and O–H groups in total. The van der Waals surface area contributed by atoms with Gasteiger partial charge in [-0.05, 0) is 19.3 Å². The molecule has 0 bridgehead atoms. The van der Waals surface area contributed by atoms with Crippen LogP contribution >= 0.6 is 0 Å². The average molecular weight is 193 g/mol. The third-order valence-corrected chi connectivity index (χ3v) is 1.59. The standard InChI is InChI=1S/C11H15NO2/c1-14-11(13)9-7-5-3-2-4-6-8-10-12/h3,5,7,9H,2,4,6,8H2,1H3/b5-3+,9-7+. The zero-order chi connectivity index (χ0) is 10.6. The minimum Gasteiger partial charge on any atom is -0.466 e. The molecule has 0 aliphatic carbocycles. The lowest BCUT2D eigenvalue weighted by atomic mass is 10.2. The Labute approximate surface area is 84.7 Å². The van der Waals surface area contributed by atoms with E-state index in [1.807, 2.05) is 12.2 Å². The van der Waals surface area contributed by atoms with Crippen LogP contribution in [0.25, 0.3) is 0 Å². The van der Waals surface area contributed by atoms with Crippen LogP contribution in [0.1, 0.15) is 25.7 Å². The predicted molar refractivity (Wildman–Crippen MR) is 54.4 cm³/mol. The molecule has 0 saturated heterocycles. The fraction of sp³-hybridized carbons (Fsp3) is 0.455. The monoisotopic (exact) mass is 193 g/mol. The maximum Gasteiger partial charge on any atom is 0.330 e. The fourth-order valence-electron chi connectivity index (χ4n) is 0.843. The Kier molecular flexibility index (Phi) is 8.47. The Morgan fingerprint density at radius 2 is 2.21 bits per heavy atom. The second kappa shape index (κ2) is 9.53. The van der Waals surface area contributed by atoms with E-state index in [4.69, 9.17) is 5.26 Å². The summed E-state index contributed by atoms with van der Waals surface area (Å²) >= 11 is 0. The molecule has 0 saturated carbocycles. The van der Waals surface area contributed by atoms with Crippen molar-refractivity contribution in [2.75, 3.05) is 7.11 Å². The Bertz CT molecular complexity index is 249. The number of nitrogens with zero attached hydrogens (tertiary/aromatic N) is 1. The zero-order valence-electron chi connectivity index (χ0n) is 8.40. The molecule has 0 aromatic carbocycles. The normalized spacial score (nSPS) is 10.6. The summed E-state index contributed by atoms with van der Waals surface area (Å²) in [5.41, 5.74) is 0. The van der Waals surface area contributed by atoms with Gasteiger partial charge in [0.25, 0.3) is 0 Å². The molecular formula is C11H15NO2. The van der Waals surface area contributed by atoms with Gasteiger partial charge >= 0.3 is 5.97 Å². The highest BCUT2D eigenvalue weighted by Crippen LogP contribution is 1.99. The van der Waals surface area contributed by atoms with Crippen molar-refractivity contribution >= 4 is 5.97 Å². The van der Waals surface area contributed by atoms with Gasteiger partial charge in [-0.3, -0.25) is 0 Å². The number of ether oxygens (including phenoxy) is 1. The number of hydrogen-bond acceptors (Lipinski definition) is 3. The maximum absolute atomic E-state index is 10.6. The molecule has 3 nitrogen and oxygen atoms in total. The number of nitriles is 1. The molecule has 76 valence electrons. The molecule has 0 aromatic heterocycles. The molecule has 0 rings (SSSR count). The lowest BCUT2D eigenvalue weighted by molar-refractivity contribution is -0.134. The molecule has 0 atom stereocenters. The van der Waals surface area contributed by atoms with Gasteiger partial charge < -0.3 is 4.74 Å². The van der Waals surface area contributed by atoms with Crippen molar-refractivity contribution < 1.29 is 9.53 Å². The Morgan fingerprint density at radius 3 is 2.86 bits per heavy atom. The number of carbonyl (C=O) groups is 1. The van der Waals surface area contributed by atoms with E-state index < -0.39 is 0 Å². The first-order valence-electron chi connectivity index (χ1n) is 4.59. The summed E-state index contributed by atoms with van der Waals surface area (Å²) < 4.78 is 4.41. The molecule has 14 heavy (non-hydrogen) atoms. The van der Waals surface area contributed by atoms with Gasteiger partial charge in [-0.15, -0.1) is 0 Å². The first-order valence-corrected chi connectivity index (χ1v) is 4.59. The van der Waals surface area contributed by atoms with Crippen LogP contribution in [0, 0.1) is 11.3 Å². The Hall–Kier alpha value is -1.56. The largest absolute Gasteiger partial charge is 0.466 e. The summed E-state index contributed by atoms with van der Waals surface area (Å²) in [5.74, 6) is -0.348. The highest BCUT2D eigenvalue weighted by molar-refractivity contribution is 5.82. The first-order chi connectivity index (χ1) is 6.81.